The number of hydrogen-bond donors (Lipinski definition) is 0. The van der Waals surface area contributed by atoms with E-state index in [0.29, 0.717) is 13.0 Å². The number of carbonyl (C=O) groups is 1. The first-order chi connectivity index (χ1) is 6.72. The van der Waals surface area contributed by atoms with E-state index < -0.39 is 0 Å². The molecule has 14 heavy (non-hydrogen) atoms. The lowest BCUT2D eigenvalue weighted by Crippen LogP contribution is -2.27. The van der Waals surface area contributed by atoms with Crippen molar-refractivity contribution in [3.8, 4) is 0 Å². The van der Waals surface area contributed by atoms with Gasteiger partial charge in [-0.3, -0.25) is 4.79 Å². The van der Waals surface area contributed by atoms with E-state index in [0.717, 1.165) is 32.4 Å². The van der Waals surface area contributed by atoms with Crippen molar-refractivity contribution in [2.45, 2.75) is 39.5 Å². The van der Waals surface area contributed by atoms with E-state index >= 15 is 0 Å². The molecule has 0 spiro atoms. The summed E-state index contributed by atoms with van der Waals surface area (Å²) in [6.07, 6.45) is 3.67. The van der Waals surface area contributed by atoms with Gasteiger partial charge in [-0.1, -0.05) is 13.3 Å². The van der Waals surface area contributed by atoms with Crippen LogP contribution >= 0.6 is 0 Å². The van der Waals surface area contributed by atoms with Gasteiger partial charge < -0.3 is 9.64 Å². The van der Waals surface area contributed by atoms with E-state index in [9.17, 15) is 4.79 Å². The van der Waals surface area contributed by atoms with Crippen molar-refractivity contribution in [2.75, 3.05) is 26.8 Å². The highest BCUT2D eigenvalue weighted by atomic mass is 16.5. The molecule has 1 amide bonds. The molecule has 0 fully saturated rings. The SMILES string of the molecule is CCCCN(C)C(=O)CCCOCC. The van der Waals surface area contributed by atoms with E-state index in [2.05, 4.69) is 6.92 Å². The fourth-order valence-electron chi connectivity index (χ4n) is 1.18. The van der Waals surface area contributed by atoms with E-state index in [1.807, 2.05) is 18.9 Å². The first-order valence-corrected chi connectivity index (χ1v) is 5.54. The van der Waals surface area contributed by atoms with Gasteiger partial charge in [0.05, 0.1) is 0 Å². The average molecular weight is 201 g/mol. The molecule has 0 unspecified atom stereocenters. The highest BCUT2D eigenvalue weighted by Crippen LogP contribution is 1.98. The molecule has 3 nitrogen and oxygen atoms in total. The van der Waals surface area contributed by atoms with Gasteiger partial charge >= 0.3 is 0 Å². The van der Waals surface area contributed by atoms with Crippen LogP contribution < -0.4 is 0 Å². The molecule has 0 atom stereocenters. The van der Waals surface area contributed by atoms with Gasteiger partial charge in [0.15, 0.2) is 0 Å². The number of ether oxygens (including phenoxy) is 1. The zero-order valence-electron chi connectivity index (χ0n) is 9.71. The Balaban J connectivity index is 3.42. The smallest absolute Gasteiger partial charge is 0.222 e. The van der Waals surface area contributed by atoms with E-state index in [1.165, 1.54) is 0 Å². The van der Waals surface area contributed by atoms with Crippen LogP contribution in [0.3, 0.4) is 0 Å². The summed E-state index contributed by atoms with van der Waals surface area (Å²) in [5.41, 5.74) is 0. The maximum atomic E-state index is 11.5. The summed E-state index contributed by atoms with van der Waals surface area (Å²) in [6, 6.07) is 0. The Morgan fingerprint density at radius 2 is 2.00 bits per heavy atom. The highest BCUT2D eigenvalue weighted by molar-refractivity contribution is 5.75. The molecule has 3 heteroatoms. The zero-order valence-corrected chi connectivity index (χ0v) is 9.71. The molecule has 0 aliphatic heterocycles. The van der Waals surface area contributed by atoms with Gasteiger partial charge in [-0.05, 0) is 19.8 Å². The Kier molecular flexibility index (Phi) is 8.64. The van der Waals surface area contributed by atoms with Crippen molar-refractivity contribution in [2.24, 2.45) is 0 Å². The molecule has 0 aromatic carbocycles. The molecule has 0 aromatic rings. The first kappa shape index (κ1) is 13.4. The molecule has 0 aromatic heterocycles. The van der Waals surface area contributed by atoms with E-state index in [4.69, 9.17) is 4.74 Å². The van der Waals surface area contributed by atoms with Crippen molar-refractivity contribution in [3.05, 3.63) is 0 Å². The van der Waals surface area contributed by atoms with Gasteiger partial charge in [0.2, 0.25) is 5.91 Å². The van der Waals surface area contributed by atoms with Crippen LogP contribution in [-0.4, -0.2) is 37.6 Å². The molecule has 0 aliphatic rings. The first-order valence-electron chi connectivity index (χ1n) is 5.54. The van der Waals surface area contributed by atoms with Crippen LogP contribution in [0, 0.1) is 0 Å². The molecule has 0 bridgehead atoms. The third-order valence-corrected chi connectivity index (χ3v) is 2.16. The summed E-state index contributed by atoms with van der Waals surface area (Å²) < 4.78 is 5.17. The maximum Gasteiger partial charge on any atom is 0.222 e. The Morgan fingerprint density at radius 3 is 2.57 bits per heavy atom. The number of amides is 1. The predicted octanol–water partition coefficient (Wildman–Crippen LogP) is 2.06. The van der Waals surface area contributed by atoms with Gasteiger partial charge in [0.1, 0.15) is 0 Å². The van der Waals surface area contributed by atoms with E-state index in [1.54, 1.807) is 0 Å². The summed E-state index contributed by atoms with van der Waals surface area (Å²) >= 11 is 0. The van der Waals surface area contributed by atoms with Gasteiger partial charge in [-0.2, -0.15) is 0 Å². The largest absolute Gasteiger partial charge is 0.382 e. The normalized spacial score (nSPS) is 10.2. The Morgan fingerprint density at radius 1 is 1.29 bits per heavy atom. The third kappa shape index (κ3) is 6.89. The van der Waals surface area contributed by atoms with Crippen molar-refractivity contribution >= 4 is 5.91 Å². The number of unbranched alkanes of at least 4 members (excludes halogenated alkanes) is 1. The molecular weight excluding hydrogens is 178 g/mol. The third-order valence-electron chi connectivity index (χ3n) is 2.16. The summed E-state index contributed by atoms with van der Waals surface area (Å²) in [5.74, 6) is 0.234. The van der Waals surface area contributed by atoms with Gasteiger partial charge in [0.25, 0.3) is 0 Å². The zero-order chi connectivity index (χ0) is 10.8. The number of carbonyl (C=O) groups excluding carboxylic acids is 1. The quantitative estimate of drug-likeness (QED) is 0.563. The van der Waals surface area contributed by atoms with Crippen LogP contribution in [0.15, 0.2) is 0 Å². The average Bonchev–Trinajstić information content (AvgIpc) is 2.20. The van der Waals surface area contributed by atoms with Crippen LogP contribution in [0.25, 0.3) is 0 Å². The topological polar surface area (TPSA) is 29.5 Å². The fraction of sp³-hybridized carbons (Fsp3) is 0.909. The van der Waals surface area contributed by atoms with Gasteiger partial charge in [0, 0.05) is 33.2 Å². The Hall–Kier alpha value is -0.570. The lowest BCUT2D eigenvalue weighted by molar-refractivity contribution is -0.130. The Bertz CT molecular complexity index is 148. The molecular formula is C11H23NO2. The molecule has 0 radical (unpaired) electrons. The molecule has 0 heterocycles. The summed E-state index contributed by atoms with van der Waals surface area (Å²) in [6.45, 7) is 6.41. The summed E-state index contributed by atoms with van der Waals surface area (Å²) in [5, 5.41) is 0. The molecule has 0 N–H and O–H groups in total. The minimum absolute atomic E-state index is 0.234. The molecule has 84 valence electrons. The van der Waals surface area contributed by atoms with E-state index in [-0.39, 0.29) is 5.91 Å². The van der Waals surface area contributed by atoms with Crippen LogP contribution in [0.2, 0.25) is 0 Å². The highest BCUT2D eigenvalue weighted by Gasteiger charge is 2.06. The Labute approximate surface area is 87.4 Å². The summed E-state index contributed by atoms with van der Waals surface area (Å²) in [4.78, 5) is 13.3. The fourth-order valence-corrected chi connectivity index (χ4v) is 1.18. The lowest BCUT2D eigenvalue weighted by Gasteiger charge is -2.16. The number of hydrogen-bond acceptors (Lipinski definition) is 2. The van der Waals surface area contributed by atoms with Crippen molar-refractivity contribution in [1.29, 1.82) is 0 Å². The number of nitrogens with zero attached hydrogens (tertiary/aromatic N) is 1. The predicted molar refractivity (Wildman–Crippen MR) is 58.3 cm³/mol. The standard InChI is InChI=1S/C11H23NO2/c1-4-6-9-12(3)11(13)8-7-10-14-5-2/h4-10H2,1-3H3. The molecule has 0 rings (SSSR count). The van der Waals surface area contributed by atoms with Crippen molar-refractivity contribution < 1.29 is 9.53 Å². The van der Waals surface area contributed by atoms with Gasteiger partial charge in [-0.25, -0.2) is 0 Å². The second kappa shape index (κ2) is 9.00. The summed E-state index contributed by atoms with van der Waals surface area (Å²) in [7, 11) is 1.87. The van der Waals surface area contributed by atoms with Crippen LogP contribution in [0.1, 0.15) is 39.5 Å². The lowest BCUT2D eigenvalue weighted by atomic mass is 10.2. The monoisotopic (exact) mass is 201 g/mol. The molecule has 0 aliphatic carbocycles. The minimum atomic E-state index is 0.234. The molecule has 0 saturated carbocycles. The second-order valence-electron chi connectivity index (χ2n) is 3.47. The van der Waals surface area contributed by atoms with Gasteiger partial charge in [-0.15, -0.1) is 0 Å². The van der Waals surface area contributed by atoms with Crippen LogP contribution in [-0.2, 0) is 9.53 Å². The second-order valence-corrected chi connectivity index (χ2v) is 3.47. The number of rotatable bonds is 8. The van der Waals surface area contributed by atoms with Crippen molar-refractivity contribution in [3.63, 3.8) is 0 Å². The molecule has 0 saturated heterocycles. The van der Waals surface area contributed by atoms with Crippen LogP contribution in [0.5, 0.6) is 0 Å². The minimum Gasteiger partial charge on any atom is -0.382 e. The van der Waals surface area contributed by atoms with Crippen LogP contribution in [0.4, 0.5) is 0 Å². The van der Waals surface area contributed by atoms with Crippen molar-refractivity contribution in [1.82, 2.24) is 4.90 Å². The maximum absolute atomic E-state index is 11.5.